The molecular weight excluding hydrogens is 258 g/mol. The van der Waals surface area contributed by atoms with Gasteiger partial charge in [0.25, 0.3) is 0 Å². The van der Waals surface area contributed by atoms with E-state index >= 15 is 0 Å². The van der Waals surface area contributed by atoms with Crippen LogP contribution in [0.2, 0.25) is 0 Å². The van der Waals surface area contributed by atoms with Gasteiger partial charge in [0.15, 0.2) is 5.82 Å². The zero-order valence-electron chi connectivity index (χ0n) is 11.7. The van der Waals surface area contributed by atoms with Crippen LogP contribution in [0.4, 0.5) is 4.79 Å². The highest BCUT2D eigenvalue weighted by atomic mass is 16.2. The molecule has 2 amide bonds. The molecule has 0 fully saturated rings. The van der Waals surface area contributed by atoms with Gasteiger partial charge in [0.2, 0.25) is 0 Å². The fourth-order valence-corrected chi connectivity index (χ4v) is 1.87. The molecule has 0 saturated carbocycles. The number of urea groups is 1. The number of aromatic nitrogens is 5. The van der Waals surface area contributed by atoms with Crippen LogP contribution in [0.25, 0.3) is 0 Å². The first-order valence-corrected chi connectivity index (χ1v) is 6.52. The van der Waals surface area contributed by atoms with E-state index in [1.165, 1.54) is 0 Å². The quantitative estimate of drug-likeness (QED) is 0.751. The van der Waals surface area contributed by atoms with E-state index in [-0.39, 0.29) is 12.1 Å². The SMILES string of the molecule is C[C@@H](NC(=O)NCCCn1cccn1)c1nncn1C. The summed E-state index contributed by atoms with van der Waals surface area (Å²) in [6.07, 6.45) is 6.07. The molecule has 0 aliphatic carbocycles. The molecule has 0 bridgehead atoms. The highest BCUT2D eigenvalue weighted by molar-refractivity contribution is 5.74. The van der Waals surface area contributed by atoms with E-state index in [1.807, 2.05) is 30.9 Å². The standard InChI is InChI=1S/C12H19N7O/c1-10(11-17-14-9-18(11)2)16-12(20)13-5-3-7-19-8-4-6-15-19/h4,6,8-10H,3,5,7H2,1-2H3,(H2,13,16,20)/t10-/m1/s1. The first kappa shape index (κ1) is 14.0. The minimum absolute atomic E-state index is 0.186. The van der Waals surface area contributed by atoms with Gasteiger partial charge >= 0.3 is 6.03 Å². The highest BCUT2D eigenvalue weighted by Gasteiger charge is 2.13. The van der Waals surface area contributed by atoms with Crippen molar-refractivity contribution in [2.24, 2.45) is 7.05 Å². The van der Waals surface area contributed by atoms with Crippen molar-refractivity contribution in [3.05, 3.63) is 30.6 Å². The Morgan fingerprint density at radius 2 is 2.35 bits per heavy atom. The van der Waals surface area contributed by atoms with Crippen LogP contribution in [0.1, 0.15) is 25.2 Å². The van der Waals surface area contributed by atoms with Crippen LogP contribution in [0, 0.1) is 0 Å². The number of aryl methyl sites for hydroxylation is 2. The average molecular weight is 277 g/mol. The molecule has 0 unspecified atom stereocenters. The summed E-state index contributed by atoms with van der Waals surface area (Å²) < 4.78 is 3.62. The Kier molecular flexibility index (Phi) is 4.70. The first-order chi connectivity index (χ1) is 9.66. The van der Waals surface area contributed by atoms with Crippen molar-refractivity contribution >= 4 is 6.03 Å². The molecule has 20 heavy (non-hydrogen) atoms. The molecule has 108 valence electrons. The van der Waals surface area contributed by atoms with Gasteiger partial charge in [-0.25, -0.2) is 4.79 Å². The van der Waals surface area contributed by atoms with E-state index in [4.69, 9.17) is 0 Å². The Hall–Kier alpha value is -2.38. The molecule has 2 rings (SSSR count). The largest absolute Gasteiger partial charge is 0.338 e. The Labute approximate surface area is 117 Å². The van der Waals surface area contributed by atoms with Crippen LogP contribution in [-0.4, -0.2) is 37.1 Å². The number of amides is 2. The summed E-state index contributed by atoms with van der Waals surface area (Å²) in [5.41, 5.74) is 0. The van der Waals surface area contributed by atoms with E-state index < -0.39 is 0 Å². The number of hydrogen-bond acceptors (Lipinski definition) is 4. The summed E-state index contributed by atoms with van der Waals surface area (Å²) in [6.45, 7) is 3.25. The third-order valence-corrected chi connectivity index (χ3v) is 2.89. The second-order valence-electron chi connectivity index (χ2n) is 4.54. The molecule has 1 atom stereocenters. The van der Waals surface area contributed by atoms with Crippen molar-refractivity contribution in [1.29, 1.82) is 0 Å². The van der Waals surface area contributed by atoms with E-state index in [9.17, 15) is 4.79 Å². The third kappa shape index (κ3) is 3.81. The lowest BCUT2D eigenvalue weighted by atomic mass is 10.3. The zero-order valence-corrected chi connectivity index (χ0v) is 11.7. The van der Waals surface area contributed by atoms with Crippen LogP contribution < -0.4 is 10.6 Å². The smallest absolute Gasteiger partial charge is 0.315 e. The van der Waals surface area contributed by atoms with Crippen LogP contribution in [0.5, 0.6) is 0 Å². The summed E-state index contributed by atoms with van der Waals surface area (Å²) in [4.78, 5) is 11.7. The average Bonchev–Trinajstić information content (AvgIpc) is 3.05. The molecule has 0 aliphatic rings. The van der Waals surface area contributed by atoms with E-state index in [1.54, 1.807) is 17.1 Å². The van der Waals surface area contributed by atoms with Crippen LogP contribution in [-0.2, 0) is 13.6 Å². The number of nitrogens with zero attached hydrogens (tertiary/aromatic N) is 5. The summed E-state index contributed by atoms with van der Waals surface area (Å²) in [5, 5.41) is 17.5. The fraction of sp³-hybridized carbons (Fsp3) is 0.500. The normalized spacial score (nSPS) is 12.1. The van der Waals surface area contributed by atoms with Gasteiger partial charge in [0, 0.05) is 32.5 Å². The monoisotopic (exact) mass is 277 g/mol. The molecule has 2 heterocycles. The van der Waals surface area contributed by atoms with Crippen LogP contribution >= 0.6 is 0 Å². The fourth-order valence-electron chi connectivity index (χ4n) is 1.87. The van der Waals surface area contributed by atoms with Crippen molar-refractivity contribution < 1.29 is 4.79 Å². The Morgan fingerprint density at radius 1 is 1.50 bits per heavy atom. The lowest BCUT2D eigenvalue weighted by molar-refractivity contribution is 0.237. The molecule has 8 heteroatoms. The minimum Gasteiger partial charge on any atom is -0.338 e. The maximum Gasteiger partial charge on any atom is 0.315 e. The van der Waals surface area contributed by atoms with Crippen molar-refractivity contribution in [3.63, 3.8) is 0 Å². The van der Waals surface area contributed by atoms with Gasteiger partial charge < -0.3 is 15.2 Å². The van der Waals surface area contributed by atoms with Gasteiger partial charge in [0.1, 0.15) is 6.33 Å². The molecule has 0 aromatic carbocycles. The summed E-state index contributed by atoms with van der Waals surface area (Å²) >= 11 is 0. The van der Waals surface area contributed by atoms with Gasteiger partial charge in [0.05, 0.1) is 6.04 Å². The van der Waals surface area contributed by atoms with E-state index in [2.05, 4.69) is 25.9 Å². The van der Waals surface area contributed by atoms with Gasteiger partial charge in [-0.15, -0.1) is 10.2 Å². The lowest BCUT2D eigenvalue weighted by Crippen LogP contribution is -2.38. The molecule has 8 nitrogen and oxygen atoms in total. The second-order valence-corrected chi connectivity index (χ2v) is 4.54. The predicted molar refractivity (Wildman–Crippen MR) is 72.8 cm³/mol. The third-order valence-electron chi connectivity index (χ3n) is 2.89. The molecular formula is C12H19N7O. The topological polar surface area (TPSA) is 89.7 Å². The Morgan fingerprint density at radius 3 is 3.00 bits per heavy atom. The number of carbonyl (C=O) groups is 1. The molecule has 0 saturated heterocycles. The van der Waals surface area contributed by atoms with Crippen molar-refractivity contribution in [2.45, 2.75) is 25.9 Å². The number of hydrogen-bond donors (Lipinski definition) is 2. The molecule has 2 aromatic rings. The molecule has 0 radical (unpaired) electrons. The summed E-state index contributed by atoms with van der Waals surface area (Å²) in [6, 6.07) is 1.48. The molecule has 2 N–H and O–H groups in total. The molecule has 0 aliphatic heterocycles. The maximum absolute atomic E-state index is 11.7. The van der Waals surface area contributed by atoms with Crippen molar-refractivity contribution in [1.82, 2.24) is 35.2 Å². The molecule has 2 aromatic heterocycles. The summed E-state index contributed by atoms with van der Waals surface area (Å²) in [7, 11) is 1.84. The van der Waals surface area contributed by atoms with E-state index in [0.29, 0.717) is 6.54 Å². The zero-order chi connectivity index (χ0) is 14.4. The van der Waals surface area contributed by atoms with Gasteiger partial charge in [-0.1, -0.05) is 0 Å². The number of carbonyl (C=O) groups excluding carboxylic acids is 1. The minimum atomic E-state index is -0.207. The van der Waals surface area contributed by atoms with Gasteiger partial charge in [-0.2, -0.15) is 5.10 Å². The first-order valence-electron chi connectivity index (χ1n) is 6.52. The maximum atomic E-state index is 11.7. The summed E-state index contributed by atoms with van der Waals surface area (Å²) in [5.74, 6) is 0.719. The Bertz CT molecular complexity index is 534. The number of nitrogens with one attached hydrogen (secondary N) is 2. The van der Waals surface area contributed by atoms with Crippen molar-refractivity contribution in [3.8, 4) is 0 Å². The van der Waals surface area contributed by atoms with Crippen molar-refractivity contribution in [2.75, 3.05) is 6.54 Å². The lowest BCUT2D eigenvalue weighted by Gasteiger charge is -2.13. The van der Waals surface area contributed by atoms with E-state index in [0.717, 1.165) is 18.8 Å². The predicted octanol–water partition coefficient (Wildman–Crippen LogP) is 0.462. The van der Waals surface area contributed by atoms with Crippen LogP contribution in [0.3, 0.4) is 0 Å². The van der Waals surface area contributed by atoms with Gasteiger partial charge in [-0.05, 0) is 19.4 Å². The number of rotatable bonds is 6. The van der Waals surface area contributed by atoms with Gasteiger partial charge in [-0.3, -0.25) is 4.68 Å². The highest BCUT2D eigenvalue weighted by Crippen LogP contribution is 2.06. The Balaban J connectivity index is 1.66. The molecule has 0 spiro atoms. The second kappa shape index (κ2) is 6.69. The van der Waals surface area contributed by atoms with Crippen LogP contribution in [0.15, 0.2) is 24.8 Å².